The molecule has 0 bridgehead atoms. The smallest absolute Gasteiger partial charge is 0.223 e. The number of nitrogens with zero attached hydrogens (tertiary/aromatic N) is 3. The summed E-state index contributed by atoms with van der Waals surface area (Å²) in [5.74, 6) is 0. The molecule has 0 aliphatic rings. The number of aryl methyl sites for hydroxylation is 2. The minimum atomic E-state index is -3.97. The number of halogens is 1. The van der Waals surface area contributed by atoms with Crippen LogP contribution in [-0.4, -0.2) is 23.0 Å². The van der Waals surface area contributed by atoms with Gasteiger partial charge in [-0.3, -0.25) is 0 Å². The predicted molar refractivity (Wildman–Crippen MR) is 77.4 cm³/mol. The van der Waals surface area contributed by atoms with Gasteiger partial charge in [-0.25, -0.2) is 18.5 Å². The number of hydrogen-bond acceptors (Lipinski definition) is 4. The Bertz CT molecular complexity index is 739. The van der Waals surface area contributed by atoms with Gasteiger partial charge in [-0.05, 0) is 24.5 Å². The van der Waals surface area contributed by atoms with Crippen LogP contribution < -0.4 is 5.14 Å². The molecule has 110 valence electrons. The number of fused-ring (bicyclic) bond motifs is 1. The first-order valence-electron chi connectivity index (χ1n) is 6.48. The van der Waals surface area contributed by atoms with Crippen molar-refractivity contribution in [3.63, 3.8) is 0 Å². The molecule has 0 saturated heterocycles. The van der Waals surface area contributed by atoms with Gasteiger partial charge in [0, 0.05) is 0 Å². The van der Waals surface area contributed by atoms with Crippen molar-refractivity contribution in [3.05, 3.63) is 22.5 Å². The number of imidazole rings is 1. The number of aromatic nitrogens is 3. The molecule has 2 N–H and O–H groups in total. The quantitative estimate of drug-likeness (QED) is 0.912. The normalized spacial score (nSPS) is 12.2. The van der Waals surface area contributed by atoms with Crippen LogP contribution in [0.4, 0.5) is 0 Å². The molecular weight excluding hydrogens is 300 g/mol. The van der Waals surface area contributed by atoms with Crippen LogP contribution in [-0.2, 0) is 22.9 Å². The topological polar surface area (TPSA) is 90.3 Å². The average molecular weight is 317 g/mol. The van der Waals surface area contributed by atoms with E-state index in [4.69, 9.17) is 16.7 Å². The first kappa shape index (κ1) is 15.2. The molecule has 0 radical (unpaired) electrons. The van der Waals surface area contributed by atoms with Crippen LogP contribution in [0.2, 0.25) is 5.15 Å². The van der Waals surface area contributed by atoms with Crippen molar-refractivity contribution in [2.24, 2.45) is 5.14 Å². The minimum Gasteiger partial charge on any atom is -0.223 e. The van der Waals surface area contributed by atoms with E-state index in [-0.39, 0.29) is 10.2 Å². The molecule has 0 aromatic carbocycles. The predicted octanol–water partition coefficient (Wildman–Crippen LogP) is 1.94. The Balaban J connectivity index is 2.74. The van der Waals surface area contributed by atoms with Crippen molar-refractivity contribution in [1.29, 1.82) is 0 Å². The van der Waals surface area contributed by atoms with E-state index in [9.17, 15) is 8.42 Å². The molecule has 6 nitrogen and oxygen atoms in total. The Morgan fingerprint density at radius 2 is 1.95 bits per heavy atom. The molecule has 0 unspecified atom stereocenters. The maximum absolute atomic E-state index is 11.6. The van der Waals surface area contributed by atoms with Crippen molar-refractivity contribution in [2.45, 2.75) is 44.6 Å². The minimum absolute atomic E-state index is 0.143. The van der Waals surface area contributed by atoms with Gasteiger partial charge in [0.2, 0.25) is 5.03 Å². The molecule has 2 aromatic rings. The summed E-state index contributed by atoms with van der Waals surface area (Å²) in [5, 5.41) is 9.16. The second kappa shape index (κ2) is 5.67. The van der Waals surface area contributed by atoms with Gasteiger partial charge in [0.15, 0.2) is 10.8 Å². The van der Waals surface area contributed by atoms with Crippen molar-refractivity contribution in [2.75, 3.05) is 0 Å². The van der Waals surface area contributed by atoms with Crippen LogP contribution in [0.3, 0.4) is 0 Å². The Morgan fingerprint density at radius 1 is 1.30 bits per heavy atom. The summed E-state index contributed by atoms with van der Waals surface area (Å²) in [6, 6.07) is 1.84. The summed E-state index contributed by atoms with van der Waals surface area (Å²) < 4.78 is 24.4. The first-order valence-corrected chi connectivity index (χ1v) is 8.40. The SMILES string of the molecule is CCCc1cc2nc(Cl)c(S(N)(=O)=O)n2nc1CCC. The van der Waals surface area contributed by atoms with Gasteiger partial charge in [-0.15, -0.1) is 0 Å². The highest BCUT2D eigenvalue weighted by molar-refractivity contribution is 7.89. The van der Waals surface area contributed by atoms with E-state index < -0.39 is 10.0 Å². The molecule has 2 heterocycles. The van der Waals surface area contributed by atoms with Gasteiger partial charge < -0.3 is 0 Å². The molecule has 0 aliphatic carbocycles. The molecule has 2 aromatic heterocycles. The van der Waals surface area contributed by atoms with E-state index in [1.165, 1.54) is 4.52 Å². The lowest BCUT2D eigenvalue weighted by atomic mass is 10.1. The zero-order chi connectivity index (χ0) is 14.9. The van der Waals surface area contributed by atoms with E-state index in [2.05, 4.69) is 17.0 Å². The Labute approximate surface area is 123 Å². The zero-order valence-electron chi connectivity index (χ0n) is 11.4. The summed E-state index contributed by atoms with van der Waals surface area (Å²) in [4.78, 5) is 4.03. The monoisotopic (exact) mass is 316 g/mol. The maximum atomic E-state index is 11.6. The summed E-state index contributed by atoms with van der Waals surface area (Å²) >= 11 is 5.88. The third-order valence-electron chi connectivity index (χ3n) is 2.97. The lowest BCUT2D eigenvalue weighted by molar-refractivity contribution is 0.588. The number of hydrogen-bond donors (Lipinski definition) is 1. The van der Waals surface area contributed by atoms with Crippen LogP contribution in [0.15, 0.2) is 11.1 Å². The molecular formula is C12H17ClN4O2S. The molecule has 0 atom stereocenters. The highest BCUT2D eigenvalue weighted by atomic mass is 35.5. The van der Waals surface area contributed by atoms with Gasteiger partial charge in [-0.1, -0.05) is 38.3 Å². The van der Waals surface area contributed by atoms with Gasteiger partial charge in [0.1, 0.15) is 0 Å². The lowest BCUT2D eigenvalue weighted by Gasteiger charge is -2.08. The van der Waals surface area contributed by atoms with E-state index in [1.54, 1.807) is 0 Å². The fourth-order valence-electron chi connectivity index (χ4n) is 2.17. The number of rotatable bonds is 5. The van der Waals surface area contributed by atoms with E-state index in [0.29, 0.717) is 5.65 Å². The summed E-state index contributed by atoms with van der Waals surface area (Å²) in [7, 11) is -3.97. The van der Waals surface area contributed by atoms with Crippen molar-refractivity contribution < 1.29 is 8.42 Å². The first-order chi connectivity index (χ1) is 9.38. The molecule has 0 spiro atoms. The van der Waals surface area contributed by atoms with E-state index >= 15 is 0 Å². The maximum Gasteiger partial charge on any atom is 0.258 e. The van der Waals surface area contributed by atoms with Gasteiger partial charge in [0.05, 0.1) is 5.69 Å². The van der Waals surface area contributed by atoms with Crippen LogP contribution >= 0.6 is 11.6 Å². The average Bonchev–Trinajstić information content (AvgIpc) is 2.65. The van der Waals surface area contributed by atoms with Gasteiger partial charge >= 0.3 is 0 Å². The summed E-state index contributed by atoms with van der Waals surface area (Å²) in [5.41, 5.74) is 2.34. The van der Waals surface area contributed by atoms with Gasteiger partial charge in [-0.2, -0.15) is 9.61 Å². The van der Waals surface area contributed by atoms with Gasteiger partial charge in [0.25, 0.3) is 10.0 Å². The number of primary sulfonamides is 1. The zero-order valence-corrected chi connectivity index (χ0v) is 13.0. The lowest BCUT2D eigenvalue weighted by Crippen LogP contribution is -2.17. The van der Waals surface area contributed by atoms with Crippen molar-refractivity contribution >= 4 is 27.3 Å². The molecule has 8 heteroatoms. The molecule has 0 fully saturated rings. The fourth-order valence-corrected chi connectivity index (χ4v) is 3.32. The standard InChI is InChI=1S/C12H17ClN4O2S/c1-3-5-8-7-10-15-11(13)12(20(14,18)19)17(10)16-9(8)6-4-2/h7H,3-6H2,1-2H3,(H2,14,18,19). The highest BCUT2D eigenvalue weighted by Gasteiger charge is 2.22. The second-order valence-electron chi connectivity index (χ2n) is 4.64. The Hall–Kier alpha value is -1.18. The van der Waals surface area contributed by atoms with Crippen LogP contribution in [0, 0.1) is 0 Å². The third-order valence-corrected chi connectivity index (χ3v) is 4.25. The van der Waals surface area contributed by atoms with Crippen molar-refractivity contribution in [3.8, 4) is 0 Å². The van der Waals surface area contributed by atoms with Crippen LogP contribution in [0.5, 0.6) is 0 Å². The molecule has 2 rings (SSSR count). The number of nitrogens with two attached hydrogens (primary N) is 1. The molecule has 0 amide bonds. The molecule has 0 saturated carbocycles. The molecule has 20 heavy (non-hydrogen) atoms. The van der Waals surface area contributed by atoms with Crippen LogP contribution in [0.25, 0.3) is 5.65 Å². The Kier molecular flexibility index (Phi) is 4.31. The summed E-state index contributed by atoms with van der Waals surface area (Å²) in [6.07, 6.45) is 3.53. The van der Waals surface area contributed by atoms with E-state index in [1.807, 2.05) is 13.0 Å². The Morgan fingerprint density at radius 3 is 2.50 bits per heavy atom. The second-order valence-corrected chi connectivity index (χ2v) is 6.47. The van der Waals surface area contributed by atoms with E-state index in [0.717, 1.165) is 36.9 Å². The summed E-state index contributed by atoms with van der Waals surface area (Å²) in [6.45, 7) is 4.12. The van der Waals surface area contributed by atoms with Crippen LogP contribution in [0.1, 0.15) is 37.9 Å². The largest absolute Gasteiger partial charge is 0.258 e. The number of sulfonamides is 1. The highest BCUT2D eigenvalue weighted by Crippen LogP contribution is 2.23. The molecule has 0 aliphatic heterocycles. The third kappa shape index (κ3) is 2.79. The fraction of sp³-hybridized carbons (Fsp3) is 0.500. The van der Waals surface area contributed by atoms with Crippen molar-refractivity contribution in [1.82, 2.24) is 14.6 Å².